The molecule has 0 aromatic carbocycles. The Morgan fingerprint density at radius 2 is 2.43 bits per heavy atom. The second-order valence-electron chi connectivity index (χ2n) is 5.01. The minimum Gasteiger partial charge on any atom is -0.456 e. The predicted octanol–water partition coefficient (Wildman–Crippen LogP) is -0.572. The van der Waals surface area contributed by atoms with E-state index in [0.717, 1.165) is 17.3 Å². The zero-order valence-electron chi connectivity index (χ0n) is 12.2. The van der Waals surface area contributed by atoms with Crippen LogP contribution in [0.2, 0.25) is 0 Å². The molecule has 2 atom stereocenters. The number of hydrogen-bond donors (Lipinski definition) is 1. The summed E-state index contributed by atoms with van der Waals surface area (Å²) in [6, 6.07) is 1.93. The van der Waals surface area contributed by atoms with Crippen molar-refractivity contribution in [3.63, 3.8) is 0 Å². The van der Waals surface area contributed by atoms with Crippen molar-refractivity contribution in [1.82, 2.24) is 10.2 Å². The van der Waals surface area contributed by atoms with E-state index in [1.165, 1.54) is 23.8 Å². The third-order valence-electron chi connectivity index (χ3n) is 3.73. The first-order valence-corrected chi connectivity index (χ1v) is 8.90. The summed E-state index contributed by atoms with van der Waals surface area (Å²) >= 11 is 2.56. The van der Waals surface area contributed by atoms with E-state index in [0.29, 0.717) is 5.75 Å². The number of thioether (sulfide) groups is 2. The van der Waals surface area contributed by atoms with Gasteiger partial charge < -0.3 is 14.8 Å². The normalized spacial score (nSPS) is 28.5. The molecule has 1 N–H and O–H groups in total. The van der Waals surface area contributed by atoms with Crippen molar-refractivity contribution < 1.29 is 23.9 Å². The number of amides is 2. The lowest BCUT2D eigenvalue weighted by Crippen LogP contribution is -2.80. The maximum Gasteiger partial charge on any atom is 0.355 e. The molecule has 3 heterocycles. The van der Waals surface area contributed by atoms with Crippen LogP contribution >= 0.6 is 23.5 Å². The van der Waals surface area contributed by atoms with Gasteiger partial charge in [-0.3, -0.25) is 14.5 Å². The number of β-lactam (4-membered cyclic amide) rings is 1. The van der Waals surface area contributed by atoms with Gasteiger partial charge in [-0.1, -0.05) is 0 Å². The van der Waals surface area contributed by atoms with E-state index in [1.54, 1.807) is 0 Å². The Balaban J connectivity index is 1.75. The number of fused-ring (bicyclic) bond motifs is 2. The number of carbonyl (C=O) groups excluding carboxylic acids is 3. The van der Waals surface area contributed by atoms with Crippen molar-refractivity contribution >= 4 is 41.3 Å². The number of esters is 1. The smallest absolute Gasteiger partial charge is 0.355 e. The number of nitriles is 1. The van der Waals surface area contributed by atoms with Crippen molar-refractivity contribution in [2.75, 3.05) is 31.0 Å². The molecule has 122 valence electrons. The van der Waals surface area contributed by atoms with E-state index in [-0.39, 0.29) is 23.8 Å². The third-order valence-corrected chi connectivity index (χ3v) is 5.90. The van der Waals surface area contributed by atoms with Crippen molar-refractivity contribution in [2.45, 2.75) is 11.1 Å². The molecular weight excluding hydrogens is 342 g/mol. The van der Waals surface area contributed by atoms with Gasteiger partial charge in [-0.2, -0.15) is 5.26 Å². The summed E-state index contributed by atoms with van der Waals surface area (Å²) in [5.41, 5.74) is -0.416. The van der Waals surface area contributed by atoms with E-state index in [2.05, 4.69) is 5.32 Å². The number of nitrogens with zero attached hydrogens (tertiary/aromatic N) is 2. The Morgan fingerprint density at radius 1 is 1.65 bits per heavy atom. The molecule has 1 saturated heterocycles. The van der Waals surface area contributed by atoms with Gasteiger partial charge in [0.05, 0.1) is 17.6 Å². The monoisotopic (exact) mass is 355 g/mol. The summed E-state index contributed by atoms with van der Waals surface area (Å²) in [4.78, 5) is 37.7. The fourth-order valence-corrected chi connectivity index (χ4v) is 4.57. The molecule has 23 heavy (non-hydrogen) atoms. The zero-order chi connectivity index (χ0) is 16.6. The summed E-state index contributed by atoms with van der Waals surface area (Å²) < 4.78 is 10.3. The van der Waals surface area contributed by atoms with E-state index in [4.69, 9.17) is 14.7 Å². The SMILES string of the molecule is COC1(NC(=O)CSCC#N)C(=O)N2C3=C(COC3=O)CSC21. The largest absolute Gasteiger partial charge is 0.456 e. The molecule has 0 spiro atoms. The van der Waals surface area contributed by atoms with Gasteiger partial charge in [-0.15, -0.1) is 23.5 Å². The van der Waals surface area contributed by atoms with Gasteiger partial charge >= 0.3 is 5.97 Å². The lowest BCUT2D eigenvalue weighted by atomic mass is 9.99. The van der Waals surface area contributed by atoms with Crippen LogP contribution in [0, 0.1) is 11.3 Å². The first-order chi connectivity index (χ1) is 11.0. The predicted molar refractivity (Wildman–Crippen MR) is 81.9 cm³/mol. The number of carbonyl (C=O) groups is 3. The molecule has 3 aliphatic rings. The first kappa shape index (κ1) is 16.2. The highest BCUT2D eigenvalue weighted by Crippen LogP contribution is 2.48. The van der Waals surface area contributed by atoms with Crippen LogP contribution in [0.15, 0.2) is 11.3 Å². The number of ether oxygens (including phenoxy) is 2. The molecule has 0 aromatic heterocycles. The first-order valence-electron chi connectivity index (χ1n) is 6.70. The van der Waals surface area contributed by atoms with Gasteiger partial charge in [-0.05, 0) is 0 Å². The molecule has 8 nitrogen and oxygen atoms in total. The molecule has 0 aromatic rings. The number of methoxy groups -OCH3 is 1. The number of rotatable bonds is 5. The molecule has 0 bridgehead atoms. The lowest BCUT2D eigenvalue weighted by molar-refractivity contribution is -0.191. The van der Waals surface area contributed by atoms with Gasteiger partial charge in [0.1, 0.15) is 17.7 Å². The molecule has 0 aliphatic carbocycles. The topological polar surface area (TPSA) is 109 Å². The highest BCUT2D eigenvalue weighted by atomic mass is 32.2. The van der Waals surface area contributed by atoms with Crippen LogP contribution in [0.3, 0.4) is 0 Å². The van der Waals surface area contributed by atoms with Crippen LogP contribution in [0.4, 0.5) is 0 Å². The van der Waals surface area contributed by atoms with Crippen LogP contribution in [0.5, 0.6) is 0 Å². The summed E-state index contributed by atoms with van der Waals surface area (Å²) in [6.07, 6.45) is 0. The Bertz CT molecular complexity index is 658. The molecule has 2 amide bonds. The van der Waals surface area contributed by atoms with E-state index in [1.807, 2.05) is 6.07 Å². The van der Waals surface area contributed by atoms with Gasteiger partial charge in [-0.25, -0.2) is 4.79 Å². The average molecular weight is 355 g/mol. The molecule has 10 heteroatoms. The van der Waals surface area contributed by atoms with E-state index in [9.17, 15) is 14.4 Å². The quantitative estimate of drug-likeness (QED) is 0.302. The lowest BCUT2D eigenvalue weighted by Gasteiger charge is -2.55. The molecule has 3 rings (SSSR count). The molecule has 2 unspecified atom stereocenters. The minimum atomic E-state index is -1.48. The Labute approximate surface area is 140 Å². The number of nitrogens with one attached hydrogen (secondary N) is 1. The Morgan fingerprint density at radius 3 is 3.13 bits per heavy atom. The van der Waals surface area contributed by atoms with Crippen molar-refractivity contribution in [3.05, 3.63) is 11.3 Å². The summed E-state index contributed by atoms with van der Waals surface area (Å²) in [7, 11) is 1.34. The third kappa shape index (κ3) is 2.39. The molecule has 3 aliphatic heterocycles. The van der Waals surface area contributed by atoms with Crippen LogP contribution in [0.1, 0.15) is 0 Å². The van der Waals surface area contributed by atoms with Crippen molar-refractivity contribution in [3.8, 4) is 6.07 Å². The van der Waals surface area contributed by atoms with Crippen LogP contribution in [-0.2, 0) is 23.9 Å². The fraction of sp³-hybridized carbons (Fsp3) is 0.538. The van der Waals surface area contributed by atoms with E-state index >= 15 is 0 Å². The summed E-state index contributed by atoms with van der Waals surface area (Å²) in [5, 5.41) is 10.6. The minimum absolute atomic E-state index is 0.0549. The highest BCUT2D eigenvalue weighted by molar-refractivity contribution is 8.00. The van der Waals surface area contributed by atoms with Gasteiger partial charge in [0, 0.05) is 18.4 Å². The molecule has 1 fully saturated rings. The van der Waals surface area contributed by atoms with Crippen LogP contribution in [-0.4, -0.2) is 64.8 Å². The molecule has 0 saturated carbocycles. The maximum atomic E-state index is 12.6. The number of hydrogen-bond acceptors (Lipinski definition) is 8. The molecular formula is C13H13N3O5S2. The number of cyclic esters (lactones) is 1. The summed E-state index contributed by atoms with van der Waals surface area (Å²) in [5.74, 6) is -0.608. The summed E-state index contributed by atoms with van der Waals surface area (Å²) in [6.45, 7) is 0.203. The van der Waals surface area contributed by atoms with E-state index < -0.39 is 28.9 Å². The molecule has 0 radical (unpaired) electrons. The highest BCUT2D eigenvalue weighted by Gasteiger charge is 2.67. The van der Waals surface area contributed by atoms with Gasteiger partial charge in [0.15, 0.2) is 0 Å². The Kier molecular flexibility index (Phi) is 4.27. The van der Waals surface area contributed by atoms with Crippen LogP contribution < -0.4 is 5.32 Å². The van der Waals surface area contributed by atoms with Crippen molar-refractivity contribution in [1.29, 1.82) is 5.26 Å². The van der Waals surface area contributed by atoms with Gasteiger partial charge in [0.25, 0.3) is 11.6 Å². The Hall–Kier alpha value is -1.70. The second kappa shape index (κ2) is 6.07. The maximum absolute atomic E-state index is 12.6. The fourth-order valence-electron chi connectivity index (χ4n) is 2.70. The van der Waals surface area contributed by atoms with Crippen molar-refractivity contribution in [2.24, 2.45) is 0 Å². The standard InChI is InChI=1S/C13H13N3O5S2/c1-20-13(15-8(17)6-22-3-2-14)11(19)16-9-7(4-21-10(9)18)5-23-12(13)16/h12H,3-6H2,1H3,(H,15,17). The van der Waals surface area contributed by atoms with Gasteiger partial charge in [0.2, 0.25) is 5.91 Å². The van der Waals surface area contributed by atoms with Crippen LogP contribution in [0.25, 0.3) is 0 Å². The average Bonchev–Trinajstić information content (AvgIpc) is 2.92. The zero-order valence-corrected chi connectivity index (χ0v) is 13.8. The second-order valence-corrected chi connectivity index (χ2v) is 7.06.